The van der Waals surface area contributed by atoms with Gasteiger partial charge in [0.25, 0.3) is 11.8 Å². The largest absolute Gasteiger partial charge is 0.373 e. The molecule has 1 atom stereocenters. The fourth-order valence-corrected chi connectivity index (χ4v) is 2.02. The molecule has 0 aliphatic carbocycles. The number of hydrogen-bond donors (Lipinski definition) is 0. The second-order valence-corrected chi connectivity index (χ2v) is 5.63. The maximum absolute atomic E-state index is 12.3. The molecule has 0 spiro atoms. The van der Waals surface area contributed by atoms with Crippen LogP contribution in [0.25, 0.3) is 0 Å². The van der Waals surface area contributed by atoms with E-state index >= 15 is 0 Å². The van der Waals surface area contributed by atoms with Crippen molar-refractivity contribution in [3.8, 4) is 12.3 Å². The van der Waals surface area contributed by atoms with E-state index < -0.39 is 6.04 Å². The fraction of sp³-hybridized carbons (Fsp3) is 0.375. The molecular formula is C16H17NO3. The average Bonchev–Trinajstić information content (AvgIpc) is 2.64. The molecule has 2 rings (SSSR count). The molecule has 1 aliphatic rings. The summed E-state index contributed by atoms with van der Waals surface area (Å²) in [5.41, 5.74) is 0.412. The smallest absolute Gasteiger partial charge is 0.262 e. The summed E-state index contributed by atoms with van der Waals surface area (Å²) in [5.74, 6) is 1.76. The second-order valence-electron chi connectivity index (χ2n) is 5.63. The molecule has 0 radical (unpaired) electrons. The van der Waals surface area contributed by atoms with E-state index in [0.29, 0.717) is 11.1 Å². The summed E-state index contributed by atoms with van der Waals surface area (Å²) >= 11 is 0. The van der Waals surface area contributed by atoms with Gasteiger partial charge in [-0.3, -0.25) is 14.5 Å². The zero-order valence-electron chi connectivity index (χ0n) is 11.8. The molecule has 0 saturated carbocycles. The van der Waals surface area contributed by atoms with E-state index in [9.17, 15) is 9.59 Å². The van der Waals surface area contributed by atoms with Crippen LogP contribution in [-0.4, -0.2) is 35.0 Å². The number of imide groups is 1. The van der Waals surface area contributed by atoms with Crippen LogP contribution in [0.15, 0.2) is 24.3 Å². The van der Waals surface area contributed by atoms with E-state index in [-0.39, 0.29) is 24.0 Å². The molecule has 4 heteroatoms. The molecule has 2 amide bonds. The molecule has 0 N–H and O–H groups in total. The zero-order chi connectivity index (χ0) is 14.9. The first-order valence-corrected chi connectivity index (χ1v) is 6.42. The van der Waals surface area contributed by atoms with Gasteiger partial charge in [0.2, 0.25) is 0 Å². The highest BCUT2D eigenvalue weighted by Gasteiger charge is 2.39. The molecule has 0 aromatic heterocycles. The molecule has 1 heterocycles. The monoisotopic (exact) mass is 271 g/mol. The molecule has 1 aromatic rings. The Morgan fingerprint density at radius 2 is 1.70 bits per heavy atom. The third-order valence-corrected chi connectivity index (χ3v) is 3.00. The Bertz CT molecular complexity index is 557. The first-order valence-electron chi connectivity index (χ1n) is 6.42. The van der Waals surface area contributed by atoms with Crippen molar-refractivity contribution in [3.63, 3.8) is 0 Å². The number of benzene rings is 1. The van der Waals surface area contributed by atoms with Crippen molar-refractivity contribution in [1.82, 2.24) is 4.90 Å². The number of carbonyl (C=O) groups excluding carboxylic acids is 2. The molecule has 104 valence electrons. The first kappa shape index (κ1) is 14.3. The highest BCUT2D eigenvalue weighted by Crippen LogP contribution is 2.25. The molecule has 0 fully saturated rings. The topological polar surface area (TPSA) is 46.6 Å². The maximum Gasteiger partial charge on any atom is 0.262 e. The lowest BCUT2D eigenvalue weighted by Crippen LogP contribution is -2.43. The van der Waals surface area contributed by atoms with Crippen molar-refractivity contribution in [3.05, 3.63) is 35.4 Å². The maximum atomic E-state index is 12.3. The quantitative estimate of drug-likeness (QED) is 0.625. The summed E-state index contributed by atoms with van der Waals surface area (Å²) in [6, 6.07) is 6.02. The molecule has 1 aliphatic heterocycles. The molecule has 1 unspecified atom stereocenters. The Labute approximate surface area is 118 Å². The van der Waals surface area contributed by atoms with Crippen LogP contribution in [0.5, 0.6) is 0 Å². The van der Waals surface area contributed by atoms with Gasteiger partial charge in [-0.2, -0.15) is 0 Å². The van der Waals surface area contributed by atoms with Crippen molar-refractivity contribution >= 4 is 11.8 Å². The van der Waals surface area contributed by atoms with Crippen molar-refractivity contribution in [2.24, 2.45) is 0 Å². The van der Waals surface area contributed by atoms with Gasteiger partial charge in [0.15, 0.2) is 0 Å². The van der Waals surface area contributed by atoms with Gasteiger partial charge < -0.3 is 4.74 Å². The second kappa shape index (κ2) is 5.10. The molecule has 1 aromatic carbocycles. The zero-order valence-corrected chi connectivity index (χ0v) is 11.8. The average molecular weight is 271 g/mol. The molecule has 20 heavy (non-hydrogen) atoms. The Hall–Kier alpha value is -2.12. The lowest BCUT2D eigenvalue weighted by molar-refractivity contribution is -0.0196. The normalized spacial score (nSPS) is 16.0. The van der Waals surface area contributed by atoms with Crippen molar-refractivity contribution < 1.29 is 14.3 Å². The molecular weight excluding hydrogens is 254 g/mol. The van der Waals surface area contributed by atoms with Crippen LogP contribution in [-0.2, 0) is 4.74 Å². The summed E-state index contributed by atoms with van der Waals surface area (Å²) in [5, 5.41) is 0. The lowest BCUT2D eigenvalue weighted by Gasteiger charge is -2.26. The number of nitrogens with zero attached hydrogens (tertiary/aromatic N) is 1. The fourth-order valence-electron chi connectivity index (χ4n) is 2.02. The van der Waals surface area contributed by atoms with E-state index in [2.05, 4.69) is 5.92 Å². The Morgan fingerprint density at radius 3 is 2.10 bits per heavy atom. The molecule has 0 saturated heterocycles. The number of amides is 2. The Balaban J connectivity index is 2.24. The van der Waals surface area contributed by atoms with Gasteiger partial charge in [-0.15, -0.1) is 6.42 Å². The Morgan fingerprint density at radius 1 is 1.20 bits per heavy atom. The third kappa shape index (κ3) is 2.59. The number of ether oxygens (including phenoxy) is 1. The van der Waals surface area contributed by atoms with Gasteiger partial charge in [-0.1, -0.05) is 18.1 Å². The predicted molar refractivity (Wildman–Crippen MR) is 75.3 cm³/mol. The molecule has 0 bridgehead atoms. The minimum absolute atomic E-state index is 0.130. The summed E-state index contributed by atoms with van der Waals surface area (Å²) in [4.78, 5) is 25.7. The van der Waals surface area contributed by atoms with E-state index in [1.54, 1.807) is 24.3 Å². The van der Waals surface area contributed by atoms with Crippen LogP contribution in [0.3, 0.4) is 0 Å². The number of hydrogen-bond acceptors (Lipinski definition) is 3. The first-order chi connectivity index (χ1) is 9.35. The summed E-state index contributed by atoms with van der Waals surface area (Å²) in [6.45, 7) is 5.81. The molecule has 4 nitrogen and oxygen atoms in total. The predicted octanol–water partition coefficient (Wildman–Crippen LogP) is 2.10. The van der Waals surface area contributed by atoms with E-state index in [1.807, 2.05) is 20.8 Å². The van der Waals surface area contributed by atoms with Gasteiger partial charge in [-0.05, 0) is 32.9 Å². The number of rotatable bonds is 3. The number of carbonyl (C=O) groups is 2. The van der Waals surface area contributed by atoms with Crippen LogP contribution in [0, 0.1) is 12.3 Å². The van der Waals surface area contributed by atoms with Crippen molar-refractivity contribution in [2.75, 3.05) is 6.61 Å². The van der Waals surface area contributed by atoms with Crippen LogP contribution >= 0.6 is 0 Å². The van der Waals surface area contributed by atoms with Crippen LogP contribution in [0.1, 0.15) is 41.5 Å². The highest BCUT2D eigenvalue weighted by atomic mass is 16.5. The minimum atomic E-state index is -0.693. The van der Waals surface area contributed by atoms with Gasteiger partial charge in [-0.25, -0.2) is 0 Å². The SMILES string of the molecule is C#CC(COC(C)(C)C)N1C(=O)c2ccccc2C1=O. The van der Waals surface area contributed by atoms with Crippen LogP contribution < -0.4 is 0 Å². The third-order valence-electron chi connectivity index (χ3n) is 3.00. The number of terminal acetylenes is 1. The highest BCUT2D eigenvalue weighted by molar-refractivity contribution is 6.21. The van der Waals surface area contributed by atoms with Gasteiger partial charge >= 0.3 is 0 Å². The number of fused-ring (bicyclic) bond motifs is 1. The van der Waals surface area contributed by atoms with Gasteiger partial charge in [0.1, 0.15) is 6.04 Å². The lowest BCUT2D eigenvalue weighted by atomic mass is 10.1. The summed E-state index contributed by atoms with van der Waals surface area (Å²) in [7, 11) is 0. The van der Waals surface area contributed by atoms with Crippen molar-refractivity contribution in [2.45, 2.75) is 32.4 Å². The summed E-state index contributed by atoms with van der Waals surface area (Å²) < 4.78 is 5.60. The van der Waals surface area contributed by atoms with Gasteiger partial charge in [0, 0.05) is 0 Å². The van der Waals surface area contributed by atoms with E-state index in [4.69, 9.17) is 11.2 Å². The Kier molecular flexibility index (Phi) is 3.65. The van der Waals surface area contributed by atoms with Crippen LogP contribution in [0.2, 0.25) is 0 Å². The van der Waals surface area contributed by atoms with E-state index in [0.717, 1.165) is 4.90 Å². The van der Waals surface area contributed by atoms with Crippen molar-refractivity contribution in [1.29, 1.82) is 0 Å². The van der Waals surface area contributed by atoms with E-state index in [1.165, 1.54) is 0 Å². The minimum Gasteiger partial charge on any atom is -0.373 e. The van der Waals surface area contributed by atoms with Gasteiger partial charge in [0.05, 0.1) is 23.3 Å². The summed E-state index contributed by atoms with van der Waals surface area (Å²) in [6.07, 6.45) is 5.47. The van der Waals surface area contributed by atoms with Crippen LogP contribution in [0.4, 0.5) is 0 Å². The standard InChI is InChI=1S/C16H17NO3/c1-5-11(10-20-16(2,3)4)17-14(18)12-8-6-7-9-13(12)15(17)19/h1,6-9,11H,10H2,2-4H3.